The van der Waals surface area contributed by atoms with Crippen LogP contribution < -0.4 is 5.32 Å². The molecule has 0 saturated carbocycles. The van der Waals surface area contributed by atoms with E-state index in [2.05, 4.69) is 5.32 Å². The molecule has 1 heterocycles. The molecule has 0 amide bonds. The van der Waals surface area contributed by atoms with Gasteiger partial charge in [0.2, 0.25) is 0 Å². The van der Waals surface area contributed by atoms with Gasteiger partial charge in [-0.1, -0.05) is 13.8 Å². The molecule has 1 aliphatic rings. The Morgan fingerprint density at radius 2 is 2.24 bits per heavy atom. The maximum atomic E-state index is 10.7. The Kier molecular flexibility index (Phi) is 5.06. The average molecular weight is 245 g/mol. The Morgan fingerprint density at radius 3 is 2.71 bits per heavy atom. The molecule has 1 rings (SSSR count). The third-order valence-electron chi connectivity index (χ3n) is 3.54. The van der Waals surface area contributed by atoms with Crippen molar-refractivity contribution in [2.45, 2.75) is 52.0 Å². The van der Waals surface area contributed by atoms with Crippen LogP contribution in [0.3, 0.4) is 0 Å². The predicted octanol–water partition coefficient (Wildman–Crippen LogP) is 0.0495. The van der Waals surface area contributed by atoms with Crippen LogP contribution in [-0.2, 0) is 9.53 Å². The molecule has 100 valence electrons. The topological polar surface area (TPSA) is 82.1 Å². The molecule has 4 unspecified atom stereocenters. The summed E-state index contributed by atoms with van der Waals surface area (Å²) in [7, 11) is 0. The number of carbonyl (C=O) groups excluding carboxylic acids is 1. The minimum Gasteiger partial charge on any atom is -0.396 e. The molecule has 0 aromatic carbocycles. The summed E-state index contributed by atoms with van der Waals surface area (Å²) < 4.78 is 5.33. The molecule has 0 spiro atoms. The molecule has 0 aromatic heterocycles. The quantitative estimate of drug-likeness (QED) is 0.526. The van der Waals surface area contributed by atoms with Gasteiger partial charge in [-0.15, -0.1) is 0 Å². The first-order valence-corrected chi connectivity index (χ1v) is 6.12. The van der Waals surface area contributed by atoms with Gasteiger partial charge in [0, 0.05) is 18.4 Å². The number of nitrogens with one attached hydrogen (secondary N) is 1. The summed E-state index contributed by atoms with van der Waals surface area (Å²) in [5.74, 6) is 0.129. The summed E-state index contributed by atoms with van der Waals surface area (Å²) in [6, 6.07) is 0. The van der Waals surface area contributed by atoms with Gasteiger partial charge < -0.3 is 14.9 Å². The fraction of sp³-hybridized carbons (Fsp3) is 0.917. The van der Waals surface area contributed by atoms with Crippen LogP contribution in [0.15, 0.2) is 0 Å². The third-order valence-corrected chi connectivity index (χ3v) is 3.54. The molecule has 1 fully saturated rings. The summed E-state index contributed by atoms with van der Waals surface area (Å²) in [5.41, 5.74) is -0.526. The lowest BCUT2D eigenvalue weighted by molar-refractivity contribution is -0.116. The van der Waals surface area contributed by atoms with Crippen molar-refractivity contribution in [2.75, 3.05) is 13.2 Å². The lowest BCUT2D eigenvalue weighted by Crippen LogP contribution is -2.41. The second-order valence-electron chi connectivity index (χ2n) is 5.04. The number of ketones is 1. The molecule has 4 atom stereocenters. The van der Waals surface area contributed by atoms with Gasteiger partial charge in [-0.2, -0.15) is 0 Å². The van der Waals surface area contributed by atoms with Gasteiger partial charge in [0.1, 0.15) is 18.1 Å². The third kappa shape index (κ3) is 3.74. The van der Waals surface area contributed by atoms with Crippen molar-refractivity contribution in [3.63, 3.8) is 0 Å². The summed E-state index contributed by atoms with van der Waals surface area (Å²) in [4.78, 5) is 10.7. The second kappa shape index (κ2) is 5.91. The first kappa shape index (κ1) is 14.6. The van der Waals surface area contributed by atoms with Crippen LogP contribution in [0, 0.1) is 5.41 Å². The Bertz CT molecular complexity index is 265. The number of hydrogen-bond donors (Lipinski definition) is 3. The molecule has 0 aromatic rings. The van der Waals surface area contributed by atoms with Crippen molar-refractivity contribution in [2.24, 2.45) is 5.41 Å². The fourth-order valence-electron chi connectivity index (χ4n) is 1.73. The molecule has 1 aliphatic heterocycles. The van der Waals surface area contributed by atoms with Gasteiger partial charge >= 0.3 is 0 Å². The van der Waals surface area contributed by atoms with E-state index in [1.165, 1.54) is 0 Å². The second-order valence-corrected chi connectivity index (χ2v) is 5.04. The molecule has 17 heavy (non-hydrogen) atoms. The lowest BCUT2D eigenvalue weighted by atomic mass is 9.81. The Balaban J connectivity index is 2.32. The molecule has 0 radical (unpaired) electrons. The van der Waals surface area contributed by atoms with E-state index in [0.29, 0.717) is 19.4 Å². The van der Waals surface area contributed by atoms with Crippen LogP contribution in [0.4, 0.5) is 0 Å². The van der Waals surface area contributed by atoms with Gasteiger partial charge in [0.15, 0.2) is 0 Å². The standard InChI is InChI=1S/C12H23NO4/c1-4-12(3,7-14)10(16)9-11(17-9)13-6-5-8(2)15/h9-11,13-14,16H,4-7H2,1-3H3. The Labute approximate surface area is 102 Å². The first-order valence-electron chi connectivity index (χ1n) is 6.12. The van der Waals surface area contributed by atoms with E-state index in [0.717, 1.165) is 0 Å². The average Bonchev–Trinajstić information content (AvgIpc) is 3.06. The highest BCUT2D eigenvalue weighted by atomic mass is 16.6. The van der Waals surface area contributed by atoms with E-state index in [4.69, 9.17) is 4.74 Å². The van der Waals surface area contributed by atoms with Crippen molar-refractivity contribution in [3.05, 3.63) is 0 Å². The van der Waals surface area contributed by atoms with E-state index in [-0.39, 0.29) is 24.7 Å². The maximum absolute atomic E-state index is 10.7. The molecular formula is C12H23NO4. The normalized spacial score (nSPS) is 28.5. The van der Waals surface area contributed by atoms with Crippen LogP contribution in [0.1, 0.15) is 33.6 Å². The van der Waals surface area contributed by atoms with E-state index in [9.17, 15) is 15.0 Å². The summed E-state index contributed by atoms with van der Waals surface area (Å²) in [5, 5.41) is 22.4. The highest BCUT2D eigenvalue weighted by Crippen LogP contribution is 2.35. The van der Waals surface area contributed by atoms with Crippen LogP contribution in [0.25, 0.3) is 0 Å². The number of rotatable bonds is 8. The van der Waals surface area contributed by atoms with E-state index >= 15 is 0 Å². The summed E-state index contributed by atoms with van der Waals surface area (Å²) >= 11 is 0. The molecule has 0 bridgehead atoms. The first-order chi connectivity index (χ1) is 7.94. The summed E-state index contributed by atoms with van der Waals surface area (Å²) in [6.45, 7) is 5.81. The molecule has 3 N–H and O–H groups in total. The van der Waals surface area contributed by atoms with Gasteiger partial charge in [-0.3, -0.25) is 10.1 Å². The molecule has 0 aliphatic carbocycles. The minimum atomic E-state index is -0.688. The van der Waals surface area contributed by atoms with Gasteiger partial charge in [-0.25, -0.2) is 0 Å². The van der Waals surface area contributed by atoms with Gasteiger partial charge in [0.05, 0.1) is 12.7 Å². The predicted molar refractivity (Wildman–Crippen MR) is 63.5 cm³/mol. The van der Waals surface area contributed by atoms with E-state index < -0.39 is 11.5 Å². The van der Waals surface area contributed by atoms with Gasteiger partial charge in [-0.05, 0) is 13.3 Å². The van der Waals surface area contributed by atoms with Crippen molar-refractivity contribution in [3.8, 4) is 0 Å². The SMILES string of the molecule is CCC(C)(CO)C(O)C1OC1NCCC(C)=O. The fourth-order valence-corrected chi connectivity index (χ4v) is 1.73. The summed E-state index contributed by atoms with van der Waals surface area (Å²) in [6.07, 6.45) is -0.00791. The number of Topliss-reactive ketones (excluding diaryl/α,β-unsaturated/α-hetero) is 1. The van der Waals surface area contributed by atoms with E-state index in [1.807, 2.05) is 13.8 Å². The highest BCUT2D eigenvalue weighted by Gasteiger charge is 2.50. The molecular weight excluding hydrogens is 222 g/mol. The van der Waals surface area contributed by atoms with Crippen LogP contribution in [-0.4, -0.2) is 47.6 Å². The zero-order valence-corrected chi connectivity index (χ0v) is 10.8. The van der Waals surface area contributed by atoms with Crippen LogP contribution in [0.2, 0.25) is 0 Å². The Morgan fingerprint density at radius 1 is 1.59 bits per heavy atom. The zero-order valence-electron chi connectivity index (χ0n) is 10.8. The van der Waals surface area contributed by atoms with Gasteiger partial charge in [0.25, 0.3) is 0 Å². The number of carbonyl (C=O) groups is 1. The van der Waals surface area contributed by atoms with Crippen LogP contribution >= 0.6 is 0 Å². The molecule has 1 saturated heterocycles. The Hall–Kier alpha value is -0.490. The minimum absolute atomic E-state index is 0.0648. The van der Waals surface area contributed by atoms with E-state index in [1.54, 1.807) is 6.92 Å². The van der Waals surface area contributed by atoms with Crippen molar-refractivity contribution in [1.82, 2.24) is 5.32 Å². The van der Waals surface area contributed by atoms with Crippen LogP contribution in [0.5, 0.6) is 0 Å². The number of hydrogen-bond acceptors (Lipinski definition) is 5. The van der Waals surface area contributed by atoms with Crippen molar-refractivity contribution in [1.29, 1.82) is 0 Å². The zero-order chi connectivity index (χ0) is 13.1. The highest BCUT2D eigenvalue weighted by molar-refractivity contribution is 5.75. The molecule has 5 heteroatoms. The number of ether oxygens (including phenoxy) is 1. The molecule has 5 nitrogen and oxygen atoms in total. The maximum Gasteiger partial charge on any atom is 0.138 e. The number of epoxide rings is 1. The smallest absolute Gasteiger partial charge is 0.138 e. The monoisotopic (exact) mass is 245 g/mol. The van der Waals surface area contributed by atoms with Crippen molar-refractivity contribution < 1.29 is 19.7 Å². The lowest BCUT2D eigenvalue weighted by Gasteiger charge is -2.30. The number of aliphatic hydroxyl groups is 2. The largest absolute Gasteiger partial charge is 0.396 e. The number of aliphatic hydroxyl groups excluding tert-OH is 2. The van der Waals surface area contributed by atoms with Crippen molar-refractivity contribution >= 4 is 5.78 Å².